The van der Waals surface area contributed by atoms with Gasteiger partial charge in [0.25, 0.3) is 0 Å². The molecule has 0 aliphatic carbocycles. The first-order valence-corrected chi connectivity index (χ1v) is 4.48. The molecule has 0 spiro atoms. The quantitative estimate of drug-likeness (QED) is 0.663. The highest BCUT2D eigenvalue weighted by Gasteiger charge is 1.97. The van der Waals surface area contributed by atoms with Crippen molar-refractivity contribution in [2.24, 2.45) is 0 Å². The first-order valence-electron chi connectivity index (χ1n) is 4.11. The van der Waals surface area contributed by atoms with Gasteiger partial charge in [-0.3, -0.25) is 4.98 Å². The SMILES string of the molecule is C=C/C=c1/c(Cl)c(C)cn/c1=C/C. The molecule has 0 saturated carbocycles. The van der Waals surface area contributed by atoms with Gasteiger partial charge in [0.2, 0.25) is 0 Å². The van der Waals surface area contributed by atoms with Gasteiger partial charge in [-0.1, -0.05) is 36.4 Å². The lowest BCUT2D eigenvalue weighted by atomic mass is 10.2. The summed E-state index contributed by atoms with van der Waals surface area (Å²) in [5, 5.41) is 2.60. The lowest BCUT2D eigenvalue weighted by Crippen LogP contribution is -2.29. The number of halogens is 1. The van der Waals surface area contributed by atoms with E-state index in [0.29, 0.717) is 0 Å². The van der Waals surface area contributed by atoms with Crippen LogP contribution in [0.25, 0.3) is 12.2 Å². The summed E-state index contributed by atoms with van der Waals surface area (Å²) in [5.74, 6) is 0. The van der Waals surface area contributed by atoms with Crippen LogP contribution in [0.15, 0.2) is 18.9 Å². The summed E-state index contributed by atoms with van der Waals surface area (Å²) in [6.07, 6.45) is 7.30. The molecule has 0 aromatic carbocycles. The predicted molar refractivity (Wildman–Crippen MR) is 58.0 cm³/mol. The Hall–Kier alpha value is -1.08. The van der Waals surface area contributed by atoms with E-state index in [4.69, 9.17) is 11.6 Å². The molecule has 1 rings (SSSR count). The van der Waals surface area contributed by atoms with Gasteiger partial charge in [0.05, 0.1) is 10.4 Å². The third kappa shape index (κ3) is 1.99. The second-order valence-electron chi connectivity index (χ2n) is 2.75. The number of rotatable bonds is 1. The molecule has 0 atom stereocenters. The molecule has 68 valence electrons. The van der Waals surface area contributed by atoms with Crippen LogP contribution in [0.5, 0.6) is 0 Å². The second-order valence-corrected chi connectivity index (χ2v) is 3.12. The largest absolute Gasteiger partial charge is 0.256 e. The molecule has 13 heavy (non-hydrogen) atoms. The normalized spacial score (nSPS) is 13.5. The lowest BCUT2D eigenvalue weighted by Gasteiger charge is -1.97. The Morgan fingerprint density at radius 1 is 1.54 bits per heavy atom. The molecule has 1 aromatic heterocycles. The molecule has 0 amide bonds. The van der Waals surface area contributed by atoms with E-state index < -0.39 is 0 Å². The topological polar surface area (TPSA) is 12.9 Å². The fraction of sp³-hybridized carbons (Fsp3) is 0.182. The third-order valence-electron chi connectivity index (χ3n) is 1.81. The van der Waals surface area contributed by atoms with Gasteiger partial charge in [-0.05, 0) is 19.4 Å². The fourth-order valence-electron chi connectivity index (χ4n) is 1.12. The molecule has 1 nitrogen and oxygen atoms in total. The summed E-state index contributed by atoms with van der Waals surface area (Å²) >= 11 is 6.12. The highest BCUT2D eigenvalue weighted by molar-refractivity contribution is 6.31. The molecular weight excluding hydrogens is 182 g/mol. The van der Waals surface area contributed by atoms with E-state index in [1.807, 2.05) is 26.0 Å². The highest BCUT2D eigenvalue weighted by atomic mass is 35.5. The van der Waals surface area contributed by atoms with Crippen LogP contribution in [0.4, 0.5) is 0 Å². The molecule has 2 heteroatoms. The zero-order valence-corrected chi connectivity index (χ0v) is 8.60. The maximum absolute atomic E-state index is 6.12. The van der Waals surface area contributed by atoms with Crippen molar-refractivity contribution >= 4 is 23.8 Å². The average Bonchev–Trinajstić information content (AvgIpc) is 2.14. The van der Waals surface area contributed by atoms with Crippen LogP contribution in [0.2, 0.25) is 5.02 Å². The molecule has 1 heterocycles. The van der Waals surface area contributed by atoms with E-state index >= 15 is 0 Å². The van der Waals surface area contributed by atoms with E-state index in [2.05, 4.69) is 11.6 Å². The number of aromatic nitrogens is 1. The molecule has 0 bridgehead atoms. The van der Waals surface area contributed by atoms with Crippen molar-refractivity contribution in [3.63, 3.8) is 0 Å². The summed E-state index contributed by atoms with van der Waals surface area (Å²) in [6, 6.07) is 0. The van der Waals surface area contributed by atoms with Gasteiger partial charge in [-0.15, -0.1) is 0 Å². The number of hydrogen-bond acceptors (Lipinski definition) is 1. The van der Waals surface area contributed by atoms with Crippen molar-refractivity contribution in [1.29, 1.82) is 0 Å². The molecule has 0 saturated heterocycles. The van der Waals surface area contributed by atoms with E-state index in [-0.39, 0.29) is 0 Å². The zero-order valence-electron chi connectivity index (χ0n) is 7.84. The van der Waals surface area contributed by atoms with Crippen LogP contribution in [0.1, 0.15) is 12.5 Å². The standard InChI is InChI=1S/C11H12ClN/c1-4-6-9-10(5-2)13-7-8(3)11(9)12/h4-7H,1H2,2-3H3/b9-6+,10-5+. The van der Waals surface area contributed by atoms with Crippen molar-refractivity contribution < 1.29 is 0 Å². The van der Waals surface area contributed by atoms with Crippen LogP contribution in [-0.2, 0) is 0 Å². The summed E-state index contributed by atoms with van der Waals surface area (Å²) in [5.41, 5.74) is 0.986. The molecule has 0 N–H and O–H groups in total. The molecule has 0 unspecified atom stereocenters. The minimum Gasteiger partial charge on any atom is -0.256 e. The summed E-state index contributed by atoms with van der Waals surface area (Å²) < 4.78 is 0. The van der Waals surface area contributed by atoms with Crippen LogP contribution < -0.4 is 10.6 Å². The van der Waals surface area contributed by atoms with Gasteiger partial charge in [0.1, 0.15) is 0 Å². The molecule has 0 aliphatic heterocycles. The van der Waals surface area contributed by atoms with Gasteiger partial charge in [-0.2, -0.15) is 0 Å². The van der Waals surface area contributed by atoms with Crippen LogP contribution in [0.3, 0.4) is 0 Å². The summed E-state index contributed by atoms with van der Waals surface area (Å²) in [6.45, 7) is 7.52. The number of allylic oxidation sites excluding steroid dienone is 1. The zero-order chi connectivity index (χ0) is 9.84. The minimum absolute atomic E-state index is 0.753. The maximum atomic E-state index is 6.12. The van der Waals surface area contributed by atoms with Gasteiger partial charge in [0, 0.05) is 11.4 Å². The van der Waals surface area contributed by atoms with Crippen molar-refractivity contribution in [3.05, 3.63) is 40.0 Å². The monoisotopic (exact) mass is 193 g/mol. The van der Waals surface area contributed by atoms with E-state index in [1.54, 1.807) is 12.3 Å². The van der Waals surface area contributed by atoms with Gasteiger partial charge in [0.15, 0.2) is 0 Å². The number of pyridine rings is 1. The van der Waals surface area contributed by atoms with E-state index in [0.717, 1.165) is 21.2 Å². The van der Waals surface area contributed by atoms with E-state index in [1.165, 1.54) is 0 Å². The Labute approximate surface area is 83.1 Å². The van der Waals surface area contributed by atoms with Crippen LogP contribution >= 0.6 is 11.6 Å². The van der Waals surface area contributed by atoms with Crippen LogP contribution in [-0.4, -0.2) is 4.98 Å². The summed E-state index contributed by atoms with van der Waals surface area (Å²) in [4.78, 5) is 4.26. The Balaban J connectivity index is 3.72. The smallest absolute Gasteiger partial charge is 0.0674 e. The van der Waals surface area contributed by atoms with Crippen molar-refractivity contribution in [2.75, 3.05) is 0 Å². The fourth-order valence-corrected chi connectivity index (χ4v) is 1.33. The highest BCUT2D eigenvalue weighted by Crippen LogP contribution is 2.04. The average molecular weight is 194 g/mol. The van der Waals surface area contributed by atoms with Gasteiger partial charge < -0.3 is 0 Å². The Morgan fingerprint density at radius 3 is 2.77 bits per heavy atom. The Kier molecular flexibility index (Phi) is 3.26. The first kappa shape index (κ1) is 10.0. The molecule has 1 aromatic rings. The number of aryl methyl sites for hydroxylation is 1. The Bertz CT molecular complexity index is 432. The third-order valence-corrected chi connectivity index (χ3v) is 2.32. The van der Waals surface area contributed by atoms with Crippen molar-refractivity contribution in [3.8, 4) is 0 Å². The maximum Gasteiger partial charge on any atom is 0.0674 e. The lowest BCUT2D eigenvalue weighted by molar-refractivity contribution is 1.18. The van der Waals surface area contributed by atoms with E-state index in [9.17, 15) is 0 Å². The Morgan fingerprint density at radius 2 is 2.23 bits per heavy atom. The van der Waals surface area contributed by atoms with Crippen molar-refractivity contribution in [2.45, 2.75) is 13.8 Å². The molecule has 0 fully saturated rings. The number of nitrogens with zero attached hydrogens (tertiary/aromatic N) is 1. The van der Waals surface area contributed by atoms with Crippen molar-refractivity contribution in [1.82, 2.24) is 4.98 Å². The first-order chi connectivity index (χ1) is 6.20. The molecule has 0 aliphatic rings. The number of hydrogen-bond donors (Lipinski definition) is 0. The summed E-state index contributed by atoms with van der Waals surface area (Å²) in [7, 11) is 0. The second kappa shape index (κ2) is 4.24. The van der Waals surface area contributed by atoms with Crippen LogP contribution in [0, 0.1) is 6.92 Å². The van der Waals surface area contributed by atoms with Gasteiger partial charge >= 0.3 is 0 Å². The minimum atomic E-state index is 0.753. The molecule has 0 radical (unpaired) electrons. The van der Waals surface area contributed by atoms with Gasteiger partial charge in [-0.25, -0.2) is 0 Å². The molecular formula is C11H12ClN. The predicted octanol–water partition coefficient (Wildman–Crippen LogP) is 1.81.